The van der Waals surface area contributed by atoms with Crippen LogP contribution in [-0.2, 0) is 0 Å². The number of benzene rings is 1. The van der Waals surface area contributed by atoms with Crippen LogP contribution < -0.4 is 5.32 Å². The Bertz CT molecular complexity index is 451. The van der Waals surface area contributed by atoms with Gasteiger partial charge < -0.3 is 5.32 Å². The van der Waals surface area contributed by atoms with Crippen LogP contribution in [0.15, 0.2) is 18.2 Å². The van der Waals surface area contributed by atoms with E-state index in [1.165, 1.54) is 32.1 Å². The van der Waals surface area contributed by atoms with Gasteiger partial charge in [0.2, 0.25) is 0 Å². The number of nitrogens with zero attached hydrogens (tertiary/aromatic N) is 1. The van der Waals surface area contributed by atoms with Gasteiger partial charge in [0.1, 0.15) is 6.07 Å². The SMILES string of the molecule is CCC1(CNc2ccc(C)cc2C#N)CCCC1. The van der Waals surface area contributed by atoms with Gasteiger partial charge in [-0.05, 0) is 49.3 Å². The quantitative estimate of drug-likeness (QED) is 0.856. The molecular formula is C16H22N2. The predicted molar refractivity (Wildman–Crippen MR) is 75.6 cm³/mol. The Hall–Kier alpha value is -1.49. The van der Waals surface area contributed by atoms with Gasteiger partial charge >= 0.3 is 0 Å². The molecule has 1 aliphatic carbocycles. The van der Waals surface area contributed by atoms with Crippen LogP contribution in [-0.4, -0.2) is 6.54 Å². The van der Waals surface area contributed by atoms with Crippen LogP contribution >= 0.6 is 0 Å². The normalized spacial score (nSPS) is 17.4. The van der Waals surface area contributed by atoms with Crippen molar-refractivity contribution in [2.45, 2.75) is 46.0 Å². The van der Waals surface area contributed by atoms with Gasteiger partial charge in [-0.15, -0.1) is 0 Å². The molecule has 1 fully saturated rings. The number of nitriles is 1. The molecule has 1 aliphatic rings. The highest BCUT2D eigenvalue weighted by Gasteiger charge is 2.31. The number of hydrogen-bond acceptors (Lipinski definition) is 2. The molecule has 0 bridgehead atoms. The molecule has 1 aromatic carbocycles. The molecule has 0 atom stereocenters. The average Bonchev–Trinajstić information content (AvgIpc) is 2.86. The van der Waals surface area contributed by atoms with Gasteiger partial charge in [-0.2, -0.15) is 5.26 Å². The molecule has 2 nitrogen and oxygen atoms in total. The summed E-state index contributed by atoms with van der Waals surface area (Å²) >= 11 is 0. The van der Waals surface area contributed by atoms with Crippen molar-refractivity contribution in [1.82, 2.24) is 0 Å². The van der Waals surface area contributed by atoms with Crippen molar-refractivity contribution in [3.8, 4) is 6.07 Å². The van der Waals surface area contributed by atoms with Gasteiger partial charge in [-0.1, -0.05) is 25.8 Å². The third kappa shape index (κ3) is 2.67. The standard InChI is InChI=1S/C16H22N2/c1-3-16(8-4-5-9-16)12-18-15-7-6-13(2)10-14(15)11-17/h6-7,10,18H,3-5,8-9,12H2,1-2H3. The van der Waals surface area contributed by atoms with E-state index in [1.54, 1.807) is 0 Å². The molecule has 0 radical (unpaired) electrons. The zero-order chi connectivity index (χ0) is 13.0. The molecule has 0 aromatic heterocycles. The Morgan fingerprint density at radius 2 is 2.06 bits per heavy atom. The summed E-state index contributed by atoms with van der Waals surface area (Å²) in [6.45, 7) is 5.31. The topological polar surface area (TPSA) is 35.8 Å². The zero-order valence-electron chi connectivity index (χ0n) is 11.4. The fourth-order valence-electron chi connectivity index (χ4n) is 2.97. The highest BCUT2D eigenvalue weighted by Crippen LogP contribution is 2.41. The Labute approximate surface area is 110 Å². The molecule has 0 aliphatic heterocycles. The van der Waals surface area contributed by atoms with E-state index >= 15 is 0 Å². The minimum Gasteiger partial charge on any atom is -0.383 e. The predicted octanol–water partition coefficient (Wildman–Crippen LogP) is 4.25. The first-order valence-corrected chi connectivity index (χ1v) is 6.94. The van der Waals surface area contributed by atoms with E-state index in [1.807, 2.05) is 19.1 Å². The molecule has 2 heteroatoms. The minimum atomic E-state index is 0.456. The molecule has 1 N–H and O–H groups in total. The van der Waals surface area contributed by atoms with Crippen molar-refractivity contribution >= 4 is 5.69 Å². The highest BCUT2D eigenvalue weighted by molar-refractivity contribution is 5.58. The Morgan fingerprint density at radius 1 is 1.33 bits per heavy atom. The van der Waals surface area contributed by atoms with E-state index in [-0.39, 0.29) is 0 Å². The Morgan fingerprint density at radius 3 is 2.67 bits per heavy atom. The Kier molecular flexibility index (Phi) is 3.91. The lowest BCUT2D eigenvalue weighted by Gasteiger charge is -2.28. The third-order valence-corrected chi connectivity index (χ3v) is 4.36. The van der Waals surface area contributed by atoms with Gasteiger partial charge in [-0.3, -0.25) is 0 Å². The molecular weight excluding hydrogens is 220 g/mol. The first-order chi connectivity index (χ1) is 8.69. The van der Waals surface area contributed by atoms with Gasteiger partial charge in [0.25, 0.3) is 0 Å². The van der Waals surface area contributed by atoms with Crippen molar-refractivity contribution in [2.75, 3.05) is 11.9 Å². The zero-order valence-corrected chi connectivity index (χ0v) is 11.4. The Balaban J connectivity index is 2.08. The fourth-order valence-corrected chi connectivity index (χ4v) is 2.97. The van der Waals surface area contributed by atoms with E-state index in [0.29, 0.717) is 5.41 Å². The highest BCUT2D eigenvalue weighted by atomic mass is 14.9. The minimum absolute atomic E-state index is 0.456. The summed E-state index contributed by atoms with van der Waals surface area (Å²) in [5, 5.41) is 12.7. The first kappa shape index (κ1) is 13.0. The lowest BCUT2D eigenvalue weighted by Crippen LogP contribution is -2.26. The number of hydrogen-bond donors (Lipinski definition) is 1. The molecule has 0 spiro atoms. The second-order valence-corrected chi connectivity index (χ2v) is 5.58. The van der Waals surface area contributed by atoms with E-state index < -0.39 is 0 Å². The van der Waals surface area contributed by atoms with Crippen molar-refractivity contribution in [2.24, 2.45) is 5.41 Å². The van der Waals surface area contributed by atoms with Crippen molar-refractivity contribution < 1.29 is 0 Å². The molecule has 0 heterocycles. The van der Waals surface area contributed by atoms with Gasteiger partial charge in [0, 0.05) is 6.54 Å². The maximum Gasteiger partial charge on any atom is 0.101 e. The lowest BCUT2D eigenvalue weighted by molar-refractivity contribution is 0.307. The summed E-state index contributed by atoms with van der Waals surface area (Å²) in [7, 11) is 0. The smallest absolute Gasteiger partial charge is 0.101 e. The van der Waals surface area contributed by atoms with Crippen LogP contribution in [0.4, 0.5) is 5.69 Å². The lowest BCUT2D eigenvalue weighted by atomic mass is 9.83. The fraction of sp³-hybridized carbons (Fsp3) is 0.562. The molecule has 1 saturated carbocycles. The summed E-state index contributed by atoms with van der Waals surface area (Å²) < 4.78 is 0. The molecule has 18 heavy (non-hydrogen) atoms. The van der Waals surface area contributed by atoms with Crippen LogP contribution in [0, 0.1) is 23.7 Å². The first-order valence-electron chi connectivity index (χ1n) is 6.94. The number of anilines is 1. The van der Waals surface area contributed by atoms with Crippen LogP contribution in [0.5, 0.6) is 0 Å². The number of aryl methyl sites for hydroxylation is 1. The van der Waals surface area contributed by atoms with Crippen molar-refractivity contribution in [1.29, 1.82) is 5.26 Å². The molecule has 0 saturated heterocycles. The van der Waals surface area contributed by atoms with E-state index in [9.17, 15) is 0 Å². The second kappa shape index (κ2) is 5.44. The van der Waals surface area contributed by atoms with E-state index in [0.717, 1.165) is 23.4 Å². The number of nitrogens with one attached hydrogen (secondary N) is 1. The summed E-state index contributed by atoms with van der Waals surface area (Å²) in [6, 6.07) is 8.33. The van der Waals surface area contributed by atoms with Gasteiger partial charge in [-0.25, -0.2) is 0 Å². The largest absolute Gasteiger partial charge is 0.383 e. The summed E-state index contributed by atoms with van der Waals surface area (Å²) in [5.74, 6) is 0. The molecule has 96 valence electrons. The number of rotatable bonds is 4. The molecule has 1 aromatic rings. The monoisotopic (exact) mass is 242 g/mol. The van der Waals surface area contributed by atoms with Crippen molar-refractivity contribution in [3.05, 3.63) is 29.3 Å². The van der Waals surface area contributed by atoms with Crippen LogP contribution in [0.25, 0.3) is 0 Å². The van der Waals surface area contributed by atoms with Crippen LogP contribution in [0.1, 0.15) is 50.2 Å². The molecule has 0 amide bonds. The summed E-state index contributed by atoms with van der Waals surface area (Å²) in [4.78, 5) is 0. The molecule has 2 rings (SSSR count). The maximum atomic E-state index is 9.17. The summed E-state index contributed by atoms with van der Waals surface area (Å²) in [5.41, 5.74) is 3.35. The second-order valence-electron chi connectivity index (χ2n) is 5.58. The third-order valence-electron chi connectivity index (χ3n) is 4.36. The van der Waals surface area contributed by atoms with Crippen molar-refractivity contribution in [3.63, 3.8) is 0 Å². The molecule has 0 unspecified atom stereocenters. The average molecular weight is 242 g/mol. The van der Waals surface area contributed by atoms with Gasteiger partial charge in [0.15, 0.2) is 0 Å². The van der Waals surface area contributed by atoms with Crippen LogP contribution in [0.2, 0.25) is 0 Å². The van der Waals surface area contributed by atoms with E-state index in [2.05, 4.69) is 24.4 Å². The van der Waals surface area contributed by atoms with Crippen LogP contribution in [0.3, 0.4) is 0 Å². The summed E-state index contributed by atoms with van der Waals surface area (Å²) in [6.07, 6.45) is 6.59. The van der Waals surface area contributed by atoms with Gasteiger partial charge in [0.05, 0.1) is 11.3 Å². The van der Waals surface area contributed by atoms with E-state index in [4.69, 9.17) is 5.26 Å². The maximum absolute atomic E-state index is 9.17.